The van der Waals surface area contributed by atoms with Crippen LogP contribution < -0.4 is 0 Å². The molecule has 11 heavy (non-hydrogen) atoms. The number of hydroxylamine groups is 2. The fraction of sp³-hybridized carbons (Fsp3) is 0.625. The summed E-state index contributed by atoms with van der Waals surface area (Å²) < 4.78 is 0. The molecule has 0 spiro atoms. The van der Waals surface area contributed by atoms with E-state index in [9.17, 15) is 4.79 Å². The minimum atomic E-state index is -0.107. The molecule has 0 aliphatic rings. The number of nitrogens with zero attached hydrogens (tertiary/aromatic N) is 1. The molecule has 0 bridgehead atoms. The van der Waals surface area contributed by atoms with E-state index < -0.39 is 0 Å². The quantitative estimate of drug-likeness (QED) is 0.455. The molecule has 0 N–H and O–H groups in total. The van der Waals surface area contributed by atoms with Crippen LogP contribution in [-0.2, 0) is 9.63 Å². The van der Waals surface area contributed by atoms with Gasteiger partial charge in [-0.15, -0.1) is 0 Å². The molecule has 0 heterocycles. The zero-order valence-electron chi connectivity index (χ0n) is 7.50. The lowest BCUT2D eigenvalue weighted by molar-refractivity contribution is -0.171. The van der Waals surface area contributed by atoms with Crippen molar-refractivity contribution in [3.8, 4) is 0 Å². The first kappa shape index (κ1) is 10.2. The van der Waals surface area contributed by atoms with E-state index in [0.717, 1.165) is 0 Å². The Kier molecular flexibility index (Phi) is 4.54. The summed E-state index contributed by atoms with van der Waals surface area (Å²) in [5, 5.41) is 1.23. The van der Waals surface area contributed by atoms with Crippen molar-refractivity contribution < 1.29 is 9.63 Å². The molecule has 3 heteroatoms. The zero-order chi connectivity index (χ0) is 8.85. The van der Waals surface area contributed by atoms with E-state index in [4.69, 9.17) is 4.84 Å². The van der Waals surface area contributed by atoms with Crippen molar-refractivity contribution in [1.82, 2.24) is 5.06 Å². The summed E-state index contributed by atoms with van der Waals surface area (Å²) >= 11 is 0. The summed E-state index contributed by atoms with van der Waals surface area (Å²) in [6.07, 6.45) is 3.68. The number of hydrogen-bond acceptors (Lipinski definition) is 2. The van der Waals surface area contributed by atoms with Crippen LogP contribution in [0.25, 0.3) is 0 Å². The fourth-order valence-corrected chi connectivity index (χ4v) is 0.748. The average molecular weight is 157 g/mol. The molecule has 0 fully saturated rings. The standard InChI is InChI=1S/C8H15NO2/c1-5-6-7(2)8(10)9(3)11-4/h5-7H,1-4H3/b6-5-. The van der Waals surface area contributed by atoms with Crippen molar-refractivity contribution >= 4 is 5.91 Å². The van der Waals surface area contributed by atoms with Gasteiger partial charge in [0.2, 0.25) is 0 Å². The van der Waals surface area contributed by atoms with E-state index in [1.165, 1.54) is 12.2 Å². The van der Waals surface area contributed by atoms with E-state index in [0.29, 0.717) is 0 Å². The summed E-state index contributed by atoms with van der Waals surface area (Å²) in [7, 11) is 3.07. The second-order valence-corrected chi connectivity index (χ2v) is 2.33. The number of hydrogen-bond donors (Lipinski definition) is 0. The molecule has 0 aromatic heterocycles. The molecule has 0 saturated heterocycles. The Bertz CT molecular complexity index is 154. The summed E-state index contributed by atoms with van der Waals surface area (Å²) in [4.78, 5) is 15.9. The predicted molar refractivity (Wildman–Crippen MR) is 43.8 cm³/mol. The van der Waals surface area contributed by atoms with Crippen LogP contribution in [0.3, 0.4) is 0 Å². The maximum absolute atomic E-state index is 11.2. The van der Waals surface area contributed by atoms with Crippen molar-refractivity contribution in [2.45, 2.75) is 13.8 Å². The van der Waals surface area contributed by atoms with E-state index in [1.54, 1.807) is 7.05 Å². The molecule has 1 atom stereocenters. The lowest BCUT2D eigenvalue weighted by atomic mass is 10.1. The minimum absolute atomic E-state index is 0.0365. The summed E-state index contributed by atoms with van der Waals surface area (Å²) in [5.41, 5.74) is 0. The average Bonchev–Trinajstić information content (AvgIpc) is 2.02. The van der Waals surface area contributed by atoms with E-state index in [-0.39, 0.29) is 11.8 Å². The molecule has 0 radical (unpaired) electrons. The summed E-state index contributed by atoms with van der Waals surface area (Å²) in [5.74, 6) is -0.143. The van der Waals surface area contributed by atoms with E-state index >= 15 is 0 Å². The van der Waals surface area contributed by atoms with Crippen molar-refractivity contribution in [1.29, 1.82) is 0 Å². The van der Waals surface area contributed by atoms with Gasteiger partial charge in [0.1, 0.15) is 0 Å². The van der Waals surface area contributed by atoms with Crippen LogP contribution in [0.15, 0.2) is 12.2 Å². The predicted octanol–water partition coefficient (Wildman–Crippen LogP) is 1.22. The van der Waals surface area contributed by atoms with Gasteiger partial charge in [0.05, 0.1) is 13.0 Å². The van der Waals surface area contributed by atoms with Gasteiger partial charge in [-0.2, -0.15) is 0 Å². The Balaban J connectivity index is 4.01. The highest BCUT2D eigenvalue weighted by atomic mass is 16.7. The van der Waals surface area contributed by atoms with Gasteiger partial charge in [-0.1, -0.05) is 19.1 Å². The van der Waals surface area contributed by atoms with Gasteiger partial charge in [0.15, 0.2) is 0 Å². The maximum Gasteiger partial charge on any atom is 0.252 e. The van der Waals surface area contributed by atoms with Crippen molar-refractivity contribution in [2.75, 3.05) is 14.2 Å². The Morgan fingerprint density at radius 1 is 1.64 bits per heavy atom. The molecule has 0 aromatic rings. The Labute approximate surface area is 67.6 Å². The Morgan fingerprint density at radius 3 is 2.55 bits per heavy atom. The number of carbonyl (C=O) groups is 1. The van der Waals surface area contributed by atoms with Crippen molar-refractivity contribution in [3.63, 3.8) is 0 Å². The summed E-state index contributed by atoms with van der Waals surface area (Å²) in [6, 6.07) is 0. The third-order valence-corrected chi connectivity index (χ3v) is 1.45. The smallest absolute Gasteiger partial charge is 0.252 e. The lowest BCUT2D eigenvalue weighted by Gasteiger charge is -2.15. The highest BCUT2D eigenvalue weighted by molar-refractivity contribution is 5.78. The molecular formula is C8H15NO2. The van der Waals surface area contributed by atoms with Gasteiger partial charge >= 0.3 is 0 Å². The Hall–Kier alpha value is -0.830. The topological polar surface area (TPSA) is 29.5 Å². The molecule has 0 saturated carbocycles. The molecule has 3 nitrogen and oxygen atoms in total. The van der Waals surface area contributed by atoms with Crippen molar-refractivity contribution in [3.05, 3.63) is 12.2 Å². The molecule has 1 unspecified atom stereocenters. The maximum atomic E-state index is 11.2. The molecule has 64 valence electrons. The molecule has 1 amide bonds. The van der Waals surface area contributed by atoms with E-state index in [1.807, 2.05) is 26.0 Å². The van der Waals surface area contributed by atoms with E-state index in [2.05, 4.69) is 0 Å². The van der Waals surface area contributed by atoms with Crippen LogP contribution in [0.1, 0.15) is 13.8 Å². The second-order valence-electron chi connectivity index (χ2n) is 2.33. The van der Waals surface area contributed by atoms with Crippen LogP contribution in [0, 0.1) is 5.92 Å². The van der Waals surface area contributed by atoms with Crippen LogP contribution in [0.4, 0.5) is 0 Å². The monoisotopic (exact) mass is 157 g/mol. The minimum Gasteiger partial charge on any atom is -0.275 e. The van der Waals surface area contributed by atoms with Crippen LogP contribution >= 0.6 is 0 Å². The second kappa shape index (κ2) is 4.91. The van der Waals surface area contributed by atoms with Gasteiger partial charge in [0.25, 0.3) is 5.91 Å². The molecule has 0 aliphatic heterocycles. The number of carbonyl (C=O) groups excluding carboxylic acids is 1. The van der Waals surface area contributed by atoms with Crippen LogP contribution in [0.5, 0.6) is 0 Å². The Morgan fingerprint density at radius 2 is 2.18 bits per heavy atom. The largest absolute Gasteiger partial charge is 0.275 e. The highest BCUT2D eigenvalue weighted by Crippen LogP contribution is 2.01. The highest BCUT2D eigenvalue weighted by Gasteiger charge is 2.13. The lowest BCUT2D eigenvalue weighted by Crippen LogP contribution is -2.29. The first-order chi connectivity index (χ1) is 5.13. The normalized spacial score (nSPS) is 13.5. The summed E-state index contributed by atoms with van der Waals surface area (Å²) in [6.45, 7) is 3.72. The third-order valence-electron chi connectivity index (χ3n) is 1.45. The zero-order valence-corrected chi connectivity index (χ0v) is 7.50. The van der Waals surface area contributed by atoms with Gasteiger partial charge in [-0.05, 0) is 6.92 Å². The van der Waals surface area contributed by atoms with Gasteiger partial charge in [-0.3, -0.25) is 9.63 Å². The van der Waals surface area contributed by atoms with Gasteiger partial charge in [-0.25, -0.2) is 5.06 Å². The first-order valence-electron chi connectivity index (χ1n) is 3.58. The molecule has 0 aliphatic carbocycles. The van der Waals surface area contributed by atoms with Gasteiger partial charge < -0.3 is 0 Å². The molecule has 0 rings (SSSR count). The fourth-order valence-electron chi connectivity index (χ4n) is 0.748. The first-order valence-corrected chi connectivity index (χ1v) is 3.58. The van der Waals surface area contributed by atoms with Crippen molar-refractivity contribution in [2.24, 2.45) is 5.92 Å². The van der Waals surface area contributed by atoms with Crippen LogP contribution in [-0.4, -0.2) is 25.1 Å². The van der Waals surface area contributed by atoms with Gasteiger partial charge in [0, 0.05) is 7.05 Å². The molecule has 0 aromatic carbocycles. The molecular weight excluding hydrogens is 142 g/mol. The number of amides is 1. The number of rotatable bonds is 3. The van der Waals surface area contributed by atoms with Crippen LogP contribution in [0.2, 0.25) is 0 Å². The number of allylic oxidation sites excluding steroid dienone is 1. The third kappa shape index (κ3) is 3.18. The SMILES string of the molecule is C/C=C\C(C)C(=O)N(C)OC.